The van der Waals surface area contributed by atoms with Gasteiger partial charge in [-0.2, -0.15) is 0 Å². The topological polar surface area (TPSA) is 83.8 Å². The van der Waals surface area contributed by atoms with Gasteiger partial charge >= 0.3 is 11.9 Å². The number of hydrogen-bond donors (Lipinski definition) is 2. The molecule has 5 nitrogen and oxygen atoms in total. The molecular formula is C13H20O5. The molecule has 0 radical (unpaired) electrons. The Morgan fingerprint density at radius 3 is 2.50 bits per heavy atom. The number of aliphatic carboxylic acids is 1. The second-order valence-electron chi connectivity index (χ2n) is 4.59. The molecule has 1 atom stereocenters. The quantitative estimate of drug-likeness (QED) is 0.556. The van der Waals surface area contributed by atoms with E-state index in [1.54, 1.807) is 0 Å². The normalized spacial score (nSPS) is 18.7. The van der Waals surface area contributed by atoms with Crippen LogP contribution in [0.5, 0.6) is 0 Å². The molecule has 1 fully saturated rings. The van der Waals surface area contributed by atoms with E-state index in [1.165, 1.54) is 6.42 Å². The second kappa shape index (κ2) is 7.87. The number of carbonyl (C=O) groups excluding carboxylic acids is 1. The lowest BCUT2D eigenvalue weighted by Gasteiger charge is -2.26. The van der Waals surface area contributed by atoms with Crippen LogP contribution in [-0.4, -0.2) is 34.9 Å². The minimum Gasteiger partial charge on any atom is -0.478 e. The molecule has 1 aliphatic rings. The highest BCUT2D eigenvalue weighted by atomic mass is 16.5. The van der Waals surface area contributed by atoms with Crippen LogP contribution in [-0.2, 0) is 14.3 Å². The van der Waals surface area contributed by atoms with Gasteiger partial charge in [-0.25, -0.2) is 9.59 Å². The standard InChI is InChI=1S/C13H20O5/c14-11(10-4-2-1-3-5-10)8-9-18-13(17)7-6-12(15)16/h6-7,10-11,14H,1-5,8-9H2,(H,15,16). The van der Waals surface area contributed by atoms with E-state index < -0.39 is 18.0 Å². The summed E-state index contributed by atoms with van der Waals surface area (Å²) in [6.07, 6.45) is 7.21. The third-order valence-corrected chi connectivity index (χ3v) is 3.21. The molecule has 0 saturated heterocycles. The molecule has 5 heteroatoms. The van der Waals surface area contributed by atoms with E-state index in [-0.39, 0.29) is 6.61 Å². The lowest BCUT2D eigenvalue weighted by atomic mass is 9.84. The predicted octanol–water partition coefficient (Wildman–Crippen LogP) is 1.50. The molecule has 18 heavy (non-hydrogen) atoms. The average Bonchev–Trinajstić information content (AvgIpc) is 2.37. The molecule has 0 bridgehead atoms. The van der Waals surface area contributed by atoms with Crippen LogP contribution >= 0.6 is 0 Å². The Hall–Kier alpha value is -1.36. The predicted molar refractivity (Wildman–Crippen MR) is 64.9 cm³/mol. The first-order chi connectivity index (χ1) is 8.59. The van der Waals surface area contributed by atoms with Crippen molar-refractivity contribution in [2.24, 2.45) is 5.92 Å². The first-order valence-electron chi connectivity index (χ1n) is 6.35. The third kappa shape index (κ3) is 5.82. The fourth-order valence-corrected chi connectivity index (χ4v) is 2.22. The number of esters is 1. The Balaban J connectivity index is 2.16. The van der Waals surface area contributed by atoms with Crippen molar-refractivity contribution in [3.63, 3.8) is 0 Å². The molecule has 0 heterocycles. The van der Waals surface area contributed by atoms with Gasteiger partial charge in [-0.05, 0) is 18.8 Å². The number of aliphatic hydroxyl groups excluding tert-OH is 1. The van der Waals surface area contributed by atoms with Gasteiger partial charge in [-0.15, -0.1) is 0 Å². The molecule has 1 aliphatic carbocycles. The number of hydrogen-bond acceptors (Lipinski definition) is 4. The van der Waals surface area contributed by atoms with Crippen LogP contribution in [0.1, 0.15) is 38.5 Å². The first-order valence-corrected chi connectivity index (χ1v) is 6.35. The van der Waals surface area contributed by atoms with Gasteiger partial charge in [-0.3, -0.25) is 0 Å². The molecule has 1 unspecified atom stereocenters. The molecule has 0 spiro atoms. The summed E-state index contributed by atoms with van der Waals surface area (Å²) >= 11 is 0. The molecule has 0 aliphatic heterocycles. The maximum absolute atomic E-state index is 11.1. The van der Waals surface area contributed by atoms with E-state index >= 15 is 0 Å². The van der Waals surface area contributed by atoms with Crippen molar-refractivity contribution in [1.29, 1.82) is 0 Å². The molecule has 0 amide bonds. The molecule has 0 aromatic carbocycles. The van der Waals surface area contributed by atoms with Crippen LogP contribution in [0.15, 0.2) is 12.2 Å². The molecule has 0 aromatic heterocycles. The summed E-state index contributed by atoms with van der Waals surface area (Å²) in [5, 5.41) is 18.2. The maximum Gasteiger partial charge on any atom is 0.331 e. The third-order valence-electron chi connectivity index (χ3n) is 3.21. The minimum absolute atomic E-state index is 0.125. The van der Waals surface area contributed by atoms with Gasteiger partial charge in [0.15, 0.2) is 0 Å². The molecule has 1 saturated carbocycles. The van der Waals surface area contributed by atoms with E-state index in [4.69, 9.17) is 9.84 Å². The van der Waals surface area contributed by atoms with Crippen LogP contribution in [0, 0.1) is 5.92 Å². The number of carboxylic acid groups (broad SMARTS) is 1. The summed E-state index contributed by atoms with van der Waals surface area (Å²) in [4.78, 5) is 21.2. The Kier molecular flexibility index (Phi) is 6.43. The highest BCUT2D eigenvalue weighted by Crippen LogP contribution is 2.27. The van der Waals surface area contributed by atoms with E-state index in [9.17, 15) is 14.7 Å². The summed E-state index contributed by atoms with van der Waals surface area (Å²) < 4.78 is 4.80. The average molecular weight is 256 g/mol. The highest BCUT2D eigenvalue weighted by molar-refractivity contribution is 5.90. The monoisotopic (exact) mass is 256 g/mol. The van der Waals surface area contributed by atoms with Crippen LogP contribution in [0.3, 0.4) is 0 Å². The molecule has 102 valence electrons. The highest BCUT2D eigenvalue weighted by Gasteiger charge is 2.21. The zero-order chi connectivity index (χ0) is 13.4. The number of carboxylic acids is 1. The summed E-state index contributed by atoms with van der Waals surface area (Å²) in [7, 11) is 0. The second-order valence-corrected chi connectivity index (χ2v) is 4.59. The van der Waals surface area contributed by atoms with Gasteiger partial charge in [0.05, 0.1) is 12.7 Å². The van der Waals surface area contributed by atoms with Crippen LogP contribution in [0.4, 0.5) is 0 Å². The van der Waals surface area contributed by atoms with Crippen LogP contribution < -0.4 is 0 Å². The first kappa shape index (κ1) is 14.7. The van der Waals surface area contributed by atoms with Crippen LogP contribution in [0.2, 0.25) is 0 Å². The van der Waals surface area contributed by atoms with E-state index in [0.29, 0.717) is 12.3 Å². The maximum atomic E-state index is 11.1. The summed E-state index contributed by atoms with van der Waals surface area (Å²) in [6.45, 7) is 0.125. The summed E-state index contributed by atoms with van der Waals surface area (Å²) in [6, 6.07) is 0. The van der Waals surface area contributed by atoms with Gasteiger partial charge in [0.2, 0.25) is 0 Å². The number of ether oxygens (including phenoxy) is 1. The molecular weight excluding hydrogens is 236 g/mol. The lowest BCUT2D eigenvalue weighted by Crippen LogP contribution is -2.24. The van der Waals surface area contributed by atoms with Crippen molar-refractivity contribution >= 4 is 11.9 Å². The Bertz CT molecular complexity index is 305. The van der Waals surface area contributed by atoms with Crippen molar-refractivity contribution in [3.8, 4) is 0 Å². The van der Waals surface area contributed by atoms with Crippen molar-refractivity contribution in [2.45, 2.75) is 44.6 Å². The fraction of sp³-hybridized carbons (Fsp3) is 0.692. The van der Waals surface area contributed by atoms with Gasteiger partial charge in [0.1, 0.15) is 0 Å². The van der Waals surface area contributed by atoms with Gasteiger partial charge in [-0.1, -0.05) is 19.3 Å². The Labute approximate surface area is 106 Å². The SMILES string of the molecule is O=C(O)C=CC(=O)OCCC(O)C1CCCCC1. The van der Waals surface area contributed by atoms with E-state index in [2.05, 4.69) is 0 Å². The fourth-order valence-electron chi connectivity index (χ4n) is 2.22. The smallest absolute Gasteiger partial charge is 0.331 e. The molecule has 0 aromatic rings. The Morgan fingerprint density at radius 2 is 1.89 bits per heavy atom. The summed E-state index contributed by atoms with van der Waals surface area (Å²) in [5.74, 6) is -1.56. The van der Waals surface area contributed by atoms with Gasteiger partial charge in [0, 0.05) is 18.6 Å². The number of carbonyl (C=O) groups is 2. The zero-order valence-electron chi connectivity index (χ0n) is 10.4. The van der Waals surface area contributed by atoms with Crippen molar-refractivity contribution < 1.29 is 24.5 Å². The van der Waals surface area contributed by atoms with Gasteiger partial charge in [0.25, 0.3) is 0 Å². The van der Waals surface area contributed by atoms with Crippen LogP contribution in [0.25, 0.3) is 0 Å². The molecule has 1 rings (SSSR count). The summed E-state index contributed by atoms with van der Waals surface area (Å²) in [5.41, 5.74) is 0. The number of rotatable bonds is 6. The van der Waals surface area contributed by atoms with Gasteiger partial charge < -0.3 is 14.9 Å². The number of aliphatic hydroxyl groups is 1. The van der Waals surface area contributed by atoms with Crippen molar-refractivity contribution in [3.05, 3.63) is 12.2 Å². The van der Waals surface area contributed by atoms with E-state index in [1.807, 2.05) is 0 Å². The van der Waals surface area contributed by atoms with Crippen molar-refractivity contribution in [2.75, 3.05) is 6.61 Å². The zero-order valence-corrected chi connectivity index (χ0v) is 10.4. The Morgan fingerprint density at radius 1 is 1.22 bits per heavy atom. The van der Waals surface area contributed by atoms with Crippen molar-refractivity contribution in [1.82, 2.24) is 0 Å². The van der Waals surface area contributed by atoms with E-state index in [0.717, 1.165) is 37.8 Å². The largest absolute Gasteiger partial charge is 0.478 e. The minimum atomic E-state index is -1.19. The molecule has 2 N–H and O–H groups in total. The lowest BCUT2D eigenvalue weighted by molar-refractivity contribution is -0.139.